The molecule has 3 rings (SSSR count). The highest BCUT2D eigenvalue weighted by Gasteiger charge is 2.32. The maximum Gasteiger partial charge on any atom is 0.246 e. The van der Waals surface area contributed by atoms with Gasteiger partial charge >= 0.3 is 0 Å². The Morgan fingerprint density at radius 2 is 1.70 bits per heavy atom. The van der Waals surface area contributed by atoms with Gasteiger partial charge in [-0.2, -0.15) is 0 Å². The van der Waals surface area contributed by atoms with Crippen LogP contribution in [-0.4, -0.2) is 110 Å². The van der Waals surface area contributed by atoms with Gasteiger partial charge in [-0.05, 0) is 32.7 Å². The Balaban J connectivity index is 1.47. The van der Waals surface area contributed by atoms with Crippen LogP contribution in [0.25, 0.3) is 0 Å². The summed E-state index contributed by atoms with van der Waals surface area (Å²) >= 11 is 0. The third-order valence-electron chi connectivity index (χ3n) is 6.16. The zero-order valence-electron chi connectivity index (χ0n) is 16.6. The molecule has 0 aromatic carbocycles. The molecule has 3 heterocycles. The first-order chi connectivity index (χ1) is 13.1. The van der Waals surface area contributed by atoms with Gasteiger partial charge in [0.1, 0.15) is 0 Å². The van der Waals surface area contributed by atoms with Crippen LogP contribution in [0.3, 0.4) is 0 Å². The van der Waals surface area contributed by atoms with E-state index in [0.29, 0.717) is 25.6 Å². The number of likely N-dealkylation sites (N-methyl/N-ethyl adjacent to an activating group) is 1. The van der Waals surface area contributed by atoms with Gasteiger partial charge < -0.3 is 19.5 Å². The molecule has 3 aliphatic rings. The van der Waals surface area contributed by atoms with Gasteiger partial charge in [0.25, 0.3) is 0 Å². The third-order valence-corrected chi connectivity index (χ3v) is 6.16. The van der Waals surface area contributed by atoms with E-state index in [4.69, 9.17) is 9.47 Å². The third kappa shape index (κ3) is 5.99. The number of carbonyl (C=O) groups excluding carboxylic acids is 1. The molecule has 7 nitrogen and oxygen atoms in total. The number of hydrogen-bond donors (Lipinski definition) is 1. The van der Waals surface area contributed by atoms with Gasteiger partial charge in [0.2, 0.25) is 5.91 Å². The van der Waals surface area contributed by atoms with E-state index < -0.39 is 0 Å². The second kappa shape index (κ2) is 10.5. The fraction of sp³-hybridized carbons (Fsp3) is 0.850. The van der Waals surface area contributed by atoms with Crippen LogP contribution >= 0.6 is 0 Å². The second-order valence-corrected chi connectivity index (χ2v) is 7.86. The van der Waals surface area contributed by atoms with Crippen LogP contribution in [0.1, 0.15) is 25.7 Å². The predicted molar refractivity (Wildman–Crippen MR) is 104 cm³/mol. The fourth-order valence-corrected chi connectivity index (χ4v) is 4.32. The molecule has 154 valence electrons. The molecule has 3 fully saturated rings. The number of nitrogens with zero attached hydrogens (tertiary/aromatic N) is 3. The van der Waals surface area contributed by atoms with Crippen molar-refractivity contribution in [2.75, 3.05) is 66.2 Å². The minimum Gasteiger partial charge on any atom is -0.391 e. The molecule has 7 heteroatoms. The summed E-state index contributed by atoms with van der Waals surface area (Å²) < 4.78 is 10.8. The molecule has 3 aliphatic heterocycles. The normalized spacial score (nSPS) is 29.4. The SMILES string of the molecule is CN(C1CCOCC1)[C@H]1CCN(C(=O)/C=C/CN2CCOCC2)CC[C@@H]1O. The zero-order chi connectivity index (χ0) is 19.1. The molecule has 0 bridgehead atoms. The molecule has 1 N–H and O–H groups in total. The molecular weight excluding hydrogens is 346 g/mol. The van der Waals surface area contributed by atoms with Crippen molar-refractivity contribution in [1.82, 2.24) is 14.7 Å². The first-order valence-electron chi connectivity index (χ1n) is 10.4. The Morgan fingerprint density at radius 1 is 1.04 bits per heavy atom. The van der Waals surface area contributed by atoms with Crippen LogP contribution in [0.4, 0.5) is 0 Å². The summed E-state index contributed by atoms with van der Waals surface area (Å²) in [5.74, 6) is 0.0600. The van der Waals surface area contributed by atoms with Gasteiger partial charge in [-0.3, -0.25) is 14.6 Å². The van der Waals surface area contributed by atoms with E-state index in [0.717, 1.165) is 65.3 Å². The van der Waals surface area contributed by atoms with Crippen molar-refractivity contribution in [2.24, 2.45) is 0 Å². The van der Waals surface area contributed by atoms with Crippen molar-refractivity contribution < 1.29 is 19.4 Å². The molecular formula is C20H35N3O4. The van der Waals surface area contributed by atoms with E-state index in [2.05, 4.69) is 16.8 Å². The average molecular weight is 382 g/mol. The topological polar surface area (TPSA) is 65.5 Å². The van der Waals surface area contributed by atoms with E-state index in [-0.39, 0.29) is 18.1 Å². The largest absolute Gasteiger partial charge is 0.391 e. The number of aliphatic hydroxyl groups is 1. The lowest BCUT2D eigenvalue weighted by molar-refractivity contribution is -0.126. The molecule has 3 saturated heterocycles. The number of hydrogen-bond acceptors (Lipinski definition) is 6. The molecule has 0 aromatic heterocycles. The first kappa shape index (κ1) is 20.7. The molecule has 2 atom stereocenters. The Morgan fingerprint density at radius 3 is 2.44 bits per heavy atom. The van der Waals surface area contributed by atoms with Crippen molar-refractivity contribution in [3.05, 3.63) is 12.2 Å². The number of likely N-dealkylation sites (tertiary alicyclic amines) is 1. The summed E-state index contributed by atoms with van der Waals surface area (Å²) in [6, 6.07) is 0.581. The standard InChI is InChI=1S/C20H35N3O4/c1-21(17-6-13-26-14-7-17)18-4-9-23(10-5-19(18)24)20(25)3-2-8-22-11-15-27-16-12-22/h2-3,17-19,24H,4-16H2,1H3/b3-2+/t18-,19-/m0/s1. The molecule has 0 spiro atoms. The number of carbonyl (C=O) groups is 1. The van der Waals surface area contributed by atoms with Crippen LogP contribution in [0, 0.1) is 0 Å². The van der Waals surface area contributed by atoms with Gasteiger partial charge in [0.05, 0.1) is 19.3 Å². The maximum absolute atomic E-state index is 12.6. The van der Waals surface area contributed by atoms with Crippen molar-refractivity contribution in [1.29, 1.82) is 0 Å². The lowest BCUT2D eigenvalue weighted by atomic mass is 9.99. The molecule has 1 amide bonds. The van der Waals surface area contributed by atoms with E-state index in [1.165, 1.54) is 0 Å². The van der Waals surface area contributed by atoms with Crippen LogP contribution in [0.15, 0.2) is 12.2 Å². The first-order valence-corrected chi connectivity index (χ1v) is 10.4. The molecule has 27 heavy (non-hydrogen) atoms. The van der Waals surface area contributed by atoms with Crippen LogP contribution < -0.4 is 0 Å². The number of amides is 1. The Kier molecular flexibility index (Phi) is 8.08. The highest BCUT2D eigenvalue weighted by Crippen LogP contribution is 2.23. The smallest absolute Gasteiger partial charge is 0.246 e. The molecule has 0 unspecified atom stereocenters. The Labute approximate surface area is 162 Å². The van der Waals surface area contributed by atoms with Gasteiger partial charge in [-0.25, -0.2) is 0 Å². The summed E-state index contributed by atoms with van der Waals surface area (Å²) in [6.07, 6.45) is 6.77. The van der Waals surface area contributed by atoms with E-state index >= 15 is 0 Å². The molecule has 0 aromatic rings. The van der Waals surface area contributed by atoms with Crippen molar-refractivity contribution >= 4 is 5.91 Å². The molecule has 0 aliphatic carbocycles. The van der Waals surface area contributed by atoms with E-state index in [1.807, 2.05) is 11.0 Å². The van der Waals surface area contributed by atoms with E-state index in [9.17, 15) is 9.90 Å². The fourth-order valence-electron chi connectivity index (χ4n) is 4.32. The number of aliphatic hydroxyl groups excluding tert-OH is 1. The average Bonchev–Trinajstić information content (AvgIpc) is 2.90. The van der Waals surface area contributed by atoms with Gasteiger partial charge in [0.15, 0.2) is 0 Å². The van der Waals surface area contributed by atoms with Crippen molar-refractivity contribution in [2.45, 2.75) is 43.9 Å². The summed E-state index contributed by atoms with van der Waals surface area (Å²) in [5.41, 5.74) is 0. The van der Waals surface area contributed by atoms with E-state index in [1.54, 1.807) is 6.08 Å². The summed E-state index contributed by atoms with van der Waals surface area (Å²) in [4.78, 5) is 19.1. The highest BCUT2D eigenvalue weighted by atomic mass is 16.5. The summed E-state index contributed by atoms with van der Waals surface area (Å²) in [7, 11) is 2.11. The Hall–Kier alpha value is -0.990. The number of ether oxygens (including phenoxy) is 2. The summed E-state index contributed by atoms with van der Waals surface area (Å²) in [6.45, 7) is 7.12. The van der Waals surface area contributed by atoms with Gasteiger partial charge in [-0.15, -0.1) is 0 Å². The van der Waals surface area contributed by atoms with Crippen LogP contribution in [-0.2, 0) is 14.3 Å². The van der Waals surface area contributed by atoms with Crippen molar-refractivity contribution in [3.63, 3.8) is 0 Å². The van der Waals surface area contributed by atoms with Gasteiger partial charge in [-0.1, -0.05) is 6.08 Å². The minimum absolute atomic E-state index is 0.0600. The quantitative estimate of drug-likeness (QED) is 0.693. The summed E-state index contributed by atoms with van der Waals surface area (Å²) in [5, 5.41) is 10.6. The zero-order valence-corrected chi connectivity index (χ0v) is 16.6. The minimum atomic E-state index is -0.382. The molecule has 0 saturated carbocycles. The molecule has 0 radical (unpaired) electrons. The number of morpholine rings is 1. The van der Waals surface area contributed by atoms with Crippen molar-refractivity contribution in [3.8, 4) is 0 Å². The van der Waals surface area contributed by atoms with Gasteiger partial charge in [0, 0.05) is 64.1 Å². The number of rotatable bonds is 5. The predicted octanol–water partition coefficient (Wildman–Crippen LogP) is 0.338. The monoisotopic (exact) mass is 381 g/mol. The second-order valence-electron chi connectivity index (χ2n) is 7.86. The van der Waals surface area contributed by atoms with Crippen LogP contribution in [0.5, 0.6) is 0 Å². The lowest BCUT2D eigenvalue weighted by Gasteiger charge is -2.38. The highest BCUT2D eigenvalue weighted by molar-refractivity contribution is 5.87. The maximum atomic E-state index is 12.6. The van der Waals surface area contributed by atoms with Crippen LogP contribution in [0.2, 0.25) is 0 Å². The lowest BCUT2D eigenvalue weighted by Crippen LogP contribution is -2.48. The Bertz CT molecular complexity index is 490.